The second kappa shape index (κ2) is 6.57. The summed E-state index contributed by atoms with van der Waals surface area (Å²) in [6.07, 6.45) is 1.14. The van der Waals surface area contributed by atoms with Gasteiger partial charge in [0.25, 0.3) is 0 Å². The van der Waals surface area contributed by atoms with Gasteiger partial charge in [-0.2, -0.15) is 0 Å². The molecule has 0 saturated carbocycles. The van der Waals surface area contributed by atoms with Gasteiger partial charge >= 0.3 is 5.97 Å². The van der Waals surface area contributed by atoms with Crippen molar-refractivity contribution < 1.29 is 27.8 Å². The predicted molar refractivity (Wildman–Crippen MR) is 88.8 cm³/mol. The number of rotatable bonds is 6. The van der Waals surface area contributed by atoms with Crippen molar-refractivity contribution in [2.45, 2.75) is 31.3 Å². The van der Waals surface area contributed by atoms with E-state index in [-0.39, 0.29) is 29.8 Å². The van der Waals surface area contributed by atoms with E-state index in [0.717, 1.165) is 6.26 Å². The minimum atomic E-state index is -3.29. The molecule has 2 rings (SSSR count). The van der Waals surface area contributed by atoms with Crippen molar-refractivity contribution in [3.05, 3.63) is 35.6 Å². The Morgan fingerprint density at radius 3 is 2.33 bits per heavy atom. The highest BCUT2D eigenvalue weighted by Gasteiger charge is 2.42. The van der Waals surface area contributed by atoms with E-state index in [1.807, 2.05) is 0 Å². The minimum Gasteiger partial charge on any atom is -0.486 e. The number of carbonyl (C=O) groups excluding carboxylic acids is 1. The highest BCUT2D eigenvalue weighted by Crippen LogP contribution is 2.40. The monoisotopic (exact) mass is 354 g/mol. The molecular weight excluding hydrogens is 332 g/mol. The van der Waals surface area contributed by atoms with Crippen molar-refractivity contribution in [1.29, 1.82) is 0 Å². The van der Waals surface area contributed by atoms with Crippen LogP contribution in [0.25, 0.3) is 5.57 Å². The largest absolute Gasteiger partial charge is 0.486 e. The van der Waals surface area contributed by atoms with Crippen molar-refractivity contribution in [2.24, 2.45) is 5.92 Å². The van der Waals surface area contributed by atoms with Gasteiger partial charge in [0.2, 0.25) is 5.76 Å². The van der Waals surface area contributed by atoms with Crippen LogP contribution in [0.5, 0.6) is 0 Å². The molecule has 132 valence electrons. The maximum Gasteiger partial charge on any atom is 0.374 e. The molecule has 0 radical (unpaired) electrons. The number of esters is 1. The summed E-state index contributed by atoms with van der Waals surface area (Å²) in [4.78, 5) is 12.3. The molecule has 1 aromatic rings. The predicted octanol–water partition coefficient (Wildman–Crippen LogP) is 1.78. The van der Waals surface area contributed by atoms with Crippen LogP contribution in [0, 0.1) is 5.92 Å². The number of hydrogen-bond donors (Lipinski definition) is 1. The van der Waals surface area contributed by atoms with Crippen LogP contribution in [0.15, 0.2) is 34.9 Å². The quantitative estimate of drug-likeness (QED) is 0.783. The van der Waals surface area contributed by atoms with Gasteiger partial charge in [-0.1, -0.05) is 19.1 Å². The molecule has 0 aromatic heterocycles. The lowest BCUT2D eigenvalue weighted by Crippen LogP contribution is -2.22. The van der Waals surface area contributed by atoms with Crippen LogP contribution in [0.3, 0.4) is 0 Å². The second-order valence-corrected chi connectivity index (χ2v) is 8.51. The number of sulfone groups is 1. The van der Waals surface area contributed by atoms with Gasteiger partial charge in [0.05, 0.1) is 17.1 Å². The third kappa shape index (κ3) is 3.79. The normalized spacial score (nSPS) is 18.5. The molecule has 0 spiro atoms. The van der Waals surface area contributed by atoms with Crippen LogP contribution in [0.2, 0.25) is 0 Å². The Kier molecular flexibility index (Phi) is 5.05. The highest BCUT2D eigenvalue weighted by molar-refractivity contribution is 7.90. The molecular formula is C17H22O6S. The number of ether oxygens (including phenoxy) is 2. The lowest BCUT2D eigenvalue weighted by molar-refractivity contribution is -0.147. The summed E-state index contributed by atoms with van der Waals surface area (Å²) in [5.74, 6) is -0.581. The fourth-order valence-corrected chi connectivity index (χ4v) is 3.09. The number of carbonyl (C=O) groups is 1. The summed E-state index contributed by atoms with van der Waals surface area (Å²) in [7, 11) is -3.29. The zero-order valence-electron chi connectivity index (χ0n) is 14.2. The highest BCUT2D eigenvalue weighted by atomic mass is 32.2. The third-order valence-electron chi connectivity index (χ3n) is 3.76. The molecule has 1 N–H and O–H groups in total. The standard InChI is InChI=1S/C17H22O6S/c1-11(9-18)10-22-15-14(17(2,3)23-16(15)19)12-5-7-13(8-6-12)24(4,20)21/h5-8,11,18H,9-10H2,1-4H3/t11-/m0/s1. The summed E-state index contributed by atoms with van der Waals surface area (Å²) >= 11 is 0. The number of aliphatic hydroxyl groups excluding tert-OH is 1. The van der Waals surface area contributed by atoms with E-state index >= 15 is 0 Å². The number of aliphatic hydroxyl groups is 1. The molecule has 7 heteroatoms. The lowest BCUT2D eigenvalue weighted by atomic mass is 9.92. The van der Waals surface area contributed by atoms with E-state index in [9.17, 15) is 13.2 Å². The Balaban J connectivity index is 2.44. The van der Waals surface area contributed by atoms with Crippen LogP contribution < -0.4 is 0 Å². The summed E-state index contributed by atoms with van der Waals surface area (Å²) in [5, 5.41) is 9.10. The first-order chi connectivity index (χ1) is 11.1. The Morgan fingerprint density at radius 1 is 1.25 bits per heavy atom. The SMILES string of the molecule is C[C@@H](CO)COC1=C(c2ccc(S(C)(=O)=O)cc2)C(C)(C)OC1=O. The van der Waals surface area contributed by atoms with Gasteiger partial charge in [-0.25, -0.2) is 13.2 Å². The Labute approximate surface area is 142 Å². The van der Waals surface area contributed by atoms with Gasteiger partial charge in [-0.3, -0.25) is 0 Å². The molecule has 0 aliphatic carbocycles. The first kappa shape index (κ1) is 18.5. The van der Waals surface area contributed by atoms with Crippen molar-refractivity contribution in [3.63, 3.8) is 0 Å². The Morgan fingerprint density at radius 2 is 1.83 bits per heavy atom. The molecule has 24 heavy (non-hydrogen) atoms. The number of benzene rings is 1. The van der Waals surface area contributed by atoms with Gasteiger partial charge in [-0.15, -0.1) is 0 Å². The molecule has 1 heterocycles. The van der Waals surface area contributed by atoms with Gasteiger partial charge < -0.3 is 14.6 Å². The molecule has 1 aromatic carbocycles. The minimum absolute atomic E-state index is 0.0515. The average molecular weight is 354 g/mol. The molecule has 0 fully saturated rings. The molecule has 1 aliphatic heterocycles. The topological polar surface area (TPSA) is 89.9 Å². The Hall–Kier alpha value is -1.86. The molecule has 0 amide bonds. The van der Waals surface area contributed by atoms with Crippen molar-refractivity contribution in [3.8, 4) is 0 Å². The Bertz CT molecular complexity index is 759. The van der Waals surface area contributed by atoms with Gasteiger partial charge in [0.1, 0.15) is 5.60 Å². The van der Waals surface area contributed by atoms with E-state index in [4.69, 9.17) is 14.6 Å². The van der Waals surface area contributed by atoms with Crippen LogP contribution in [0.1, 0.15) is 26.3 Å². The summed E-state index contributed by atoms with van der Waals surface area (Å²) in [6, 6.07) is 6.25. The van der Waals surface area contributed by atoms with Crippen LogP contribution in [-0.2, 0) is 24.1 Å². The van der Waals surface area contributed by atoms with Crippen molar-refractivity contribution in [2.75, 3.05) is 19.5 Å². The first-order valence-electron chi connectivity index (χ1n) is 7.58. The molecule has 1 aliphatic rings. The van der Waals surface area contributed by atoms with Crippen molar-refractivity contribution >= 4 is 21.4 Å². The van der Waals surface area contributed by atoms with Gasteiger partial charge in [0, 0.05) is 18.8 Å². The van der Waals surface area contributed by atoms with Gasteiger partial charge in [-0.05, 0) is 31.5 Å². The van der Waals surface area contributed by atoms with E-state index in [0.29, 0.717) is 11.1 Å². The van der Waals surface area contributed by atoms with E-state index < -0.39 is 21.4 Å². The average Bonchev–Trinajstić information content (AvgIpc) is 2.72. The summed E-state index contributed by atoms with van der Waals surface area (Å²) < 4.78 is 34.1. The fraction of sp³-hybridized carbons (Fsp3) is 0.471. The zero-order chi connectivity index (χ0) is 18.1. The molecule has 1 atom stereocenters. The number of hydrogen-bond acceptors (Lipinski definition) is 6. The molecule has 0 unspecified atom stereocenters. The maximum absolute atomic E-state index is 12.1. The van der Waals surface area contributed by atoms with Gasteiger partial charge in [0.15, 0.2) is 9.84 Å². The third-order valence-corrected chi connectivity index (χ3v) is 4.89. The molecule has 0 saturated heterocycles. The van der Waals surface area contributed by atoms with E-state index in [1.54, 1.807) is 32.9 Å². The summed E-state index contributed by atoms with van der Waals surface area (Å²) in [5.41, 5.74) is 0.337. The fourth-order valence-electron chi connectivity index (χ4n) is 2.46. The maximum atomic E-state index is 12.1. The molecule has 6 nitrogen and oxygen atoms in total. The van der Waals surface area contributed by atoms with Crippen LogP contribution in [-0.4, -0.2) is 44.6 Å². The number of cyclic esters (lactones) is 1. The lowest BCUT2D eigenvalue weighted by Gasteiger charge is -2.21. The van der Waals surface area contributed by atoms with Crippen LogP contribution in [0.4, 0.5) is 0 Å². The van der Waals surface area contributed by atoms with Crippen LogP contribution >= 0.6 is 0 Å². The van der Waals surface area contributed by atoms with Crippen molar-refractivity contribution in [1.82, 2.24) is 0 Å². The van der Waals surface area contributed by atoms with E-state index in [1.165, 1.54) is 12.1 Å². The summed E-state index contributed by atoms with van der Waals surface area (Å²) in [6.45, 7) is 5.42. The zero-order valence-corrected chi connectivity index (χ0v) is 15.0. The smallest absolute Gasteiger partial charge is 0.374 e. The van der Waals surface area contributed by atoms with E-state index in [2.05, 4.69) is 0 Å². The first-order valence-corrected chi connectivity index (χ1v) is 9.47. The second-order valence-electron chi connectivity index (χ2n) is 6.50. The molecule has 0 bridgehead atoms.